The number of hydrogen-bond acceptors (Lipinski definition) is 3. The van der Waals surface area contributed by atoms with Crippen molar-refractivity contribution in [1.82, 2.24) is 5.16 Å². The summed E-state index contributed by atoms with van der Waals surface area (Å²) in [7, 11) is 0. The molecule has 0 fully saturated rings. The molecule has 0 aliphatic rings. The lowest BCUT2D eigenvalue weighted by Crippen LogP contribution is -1.92. The fraction of sp³-hybridized carbons (Fsp3) is 0.333. The van der Waals surface area contributed by atoms with Gasteiger partial charge in [0.25, 0.3) is 0 Å². The first-order valence-corrected chi connectivity index (χ1v) is 3.27. The first-order chi connectivity index (χ1) is 4.74. The van der Waals surface area contributed by atoms with Gasteiger partial charge in [-0.3, -0.25) is 4.79 Å². The SMILES string of the molecule is CCC(=O)c1cc(Cl)no1. The van der Waals surface area contributed by atoms with Crippen molar-refractivity contribution >= 4 is 17.4 Å². The molecule has 54 valence electrons. The van der Waals surface area contributed by atoms with Crippen molar-refractivity contribution in [3.63, 3.8) is 0 Å². The Balaban J connectivity index is 2.85. The molecule has 0 atom stereocenters. The minimum atomic E-state index is -0.0839. The maximum Gasteiger partial charge on any atom is 0.204 e. The van der Waals surface area contributed by atoms with Gasteiger partial charge >= 0.3 is 0 Å². The number of carbonyl (C=O) groups excluding carboxylic acids is 1. The summed E-state index contributed by atoms with van der Waals surface area (Å²) < 4.78 is 4.59. The molecule has 3 nitrogen and oxygen atoms in total. The molecule has 0 unspecified atom stereocenters. The third-order valence-corrected chi connectivity index (χ3v) is 1.26. The van der Waals surface area contributed by atoms with E-state index in [1.54, 1.807) is 6.92 Å². The molecule has 0 saturated carbocycles. The highest BCUT2D eigenvalue weighted by Crippen LogP contribution is 2.10. The molecule has 1 aromatic rings. The number of ketones is 1. The van der Waals surface area contributed by atoms with Gasteiger partial charge in [0.2, 0.25) is 11.5 Å². The van der Waals surface area contributed by atoms with Gasteiger partial charge in [0.05, 0.1) is 0 Å². The van der Waals surface area contributed by atoms with Crippen molar-refractivity contribution in [3.8, 4) is 0 Å². The molecule has 1 aromatic heterocycles. The molecule has 0 aliphatic carbocycles. The molecule has 0 aliphatic heterocycles. The first-order valence-electron chi connectivity index (χ1n) is 2.89. The molecular weight excluding hydrogens is 154 g/mol. The fourth-order valence-corrected chi connectivity index (χ4v) is 0.693. The van der Waals surface area contributed by atoms with Gasteiger partial charge in [0, 0.05) is 12.5 Å². The second kappa shape index (κ2) is 2.84. The lowest BCUT2D eigenvalue weighted by atomic mass is 10.2. The highest BCUT2D eigenvalue weighted by Gasteiger charge is 2.08. The van der Waals surface area contributed by atoms with Gasteiger partial charge < -0.3 is 4.52 Å². The molecule has 4 heteroatoms. The van der Waals surface area contributed by atoms with Crippen molar-refractivity contribution in [2.75, 3.05) is 0 Å². The predicted molar refractivity (Wildman–Crippen MR) is 36.1 cm³/mol. The summed E-state index contributed by atoms with van der Waals surface area (Å²) in [4.78, 5) is 10.8. The average molecular weight is 160 g/mol. The molecule has 0 bridgehead atoms. The van der Waals surface area contributed by atoms with Crippen molar-refractivity contribution in [2.45, 2.75) is 13.3 Å². The van der Waals surface area contributed by atoms with Gasteiger partial charge in [0.15, 0.2) is 5.15 Å². The van der Waals surface area contributed by atoms with Crippen molar-refractivity contribution < 1.29 is 9.32 Å². The van der Waals surface area contributed by atoms with Crippen LogP contribution >= 0.6 is 11.6 Å². The van der Waals surface area contributed by atoms with Crippen molar-refractivity contribution in [3.05, 3.63) is 17.0 Å². The normalized spacial score (nSPS) is 9.80. The van der Waals surface area contributed by atoms with E-state index in [2.05, 4.69) is 9.68 Å². The Labute approximate surface area is 63.0 Å². The Morgan fingerprint density at radius 2 is 2.60 bits per heavy atom. The van der Waals surface area contributed by atoms with E-state index in [4.69, 9.17) is 11.6 Å². The standard InChI is InChI=1S/C6H6ClNO2/c1-2-4(9)5-3-6(7)8-10-5/h3H,2H2,1H3. The lowest BCUT2D eigenvalue weighted by Gasteiger charge is -1.84. The number of halogens is 1. The molecule has 0 N–H and O–H groups in total. The van der Waals surface area contributed by atoms with Gasteiger partial charge in [-0.1, -0.05) is 23.7 Å². The monoisotopic (exact) mass is 159 g/mol. The summed E-state index contributed by atoms with van der Waals surface area (Å²) in [6.45, 7) is 1.75. The summed E-state index contributed by atoms with van der Waals surface area (Å²) >= 11 is 5.40. The Morgan fingerprint density at radius 1 is 1.90 bits per heavy atom. The van der Waals surface area contributed by atoms with Crippen LogP contribution in [-0.4, -0.2) is 10.9 Å². The molecule has 1 rings (SSSR count). The van der Waals surface area contributed by atoms with E-state index in [9.17, 15) is 4.79 Å². The average Bonchev–Trinajstić information content (AvgIpc) is 2.34. The molecule has 0 spiro atoms. The Hall–Kier alpha value is -0.830. The first kappa shape index (κ1) is 7.28. The van der Waals surface area contributed by atoms with Gasteiger partial charge in [0.1, 0.15) is 0 Å². The molecule has 0 amide bonds. The van der Waals surface area contributed by atoms with E-state index in [-0.39, 0.29) is 16.7 Å². The number of aromatic nitrogens is 1. The minimum absolute atomic E-state index is 0.0839. The van der Waals surface area contributed by atoms with Crippen LogP contribution in [0.5, 0.6) is 0 Å². The zero-order chi connectivity index (χ0) is 7.56. The number of carbonyl (C=O) groups is 1. The van der Waals surface area contributed by atoms with E-state index in [1.807, 2.05) is 0 Å². The molecule has 0 aromatic carbocycles. The summed E-state index contributed by atoms with van der Waals surface area (Å²) in [5.41, 5.74) is 0. The van der Waals surface area contributed by atoms with E-state index in [0.717, 1.165) is 0 Å². The van der Waals surface area contributed by atoms with Crippen molar-refractivity contribution in [2.24, 2.45) is 0 Å². The van der Waals surface area contributed by atoms with Crippen LogP contribution in [0.1, 0.15) is 23.9 Å². The highest BCUT2D eigenvalue weighted by atomic mass is 35.5. The summed E-state index contributed by atoms with van der Waals surface area (Å²) in [5, 5.41) is 3.57. The topological polar surface area (TPSA) is 43.1 Å². The summed E-state index contributed by atoms with van der Waals surface area (Å²) in [6.07, 6.45) is 0.408. The Kier molecular flexibility index (Phi) is 2.06. The molecular formula is C6H6ClNO2. The minimum Gasteiger partial charge on any atom is -0.352 e. The van der Waals surface area contributed by atoms with Crippen LogP contribution in [0.15, 0.2) is 10.6 Å². The predicted octanol–water partition coefficient (Wildman–Crippen LogP) is 1.92. The zero-order valence-corrected chi connectivity index (χ0v) is 6.18. The highest BCUT2D eigenvalue weighted by molar-refractivity contribution is 6.29. The third-order valence-electron chi connectivity index (χ3n) is 1.08. The maximum absolute atomic E-state index is 10.8. The van der Waals surface area contributed by atoms with Gasteiger partial charge in [-0.15, -0.1) is 0 Å². The van der Waals surface area contributed by atoms with Gasteiger partial charge in [-0.25, -0.2) is 0 Å². The molecule has 0 radical (unpaired) electrons. The van der Waals surface area contributed by atoms with E-state index < -0.39 is 0 Å². The van der Waals surface area contributed by atoms with E-state index in [1.165, 1.54) is 6.07 Å². The lowest BCUT2D eigenvalue weighted by molar-refractivity contribution is 0.0952. The molecule has 1 heterocycles. The number of nitrogens with zero attached hydrogens (tertiary/aromatic N) is 1. The van der Waals surface area contributed by atoms with Gasteiger partial charge in [-0.05, 0) is 0 Å². The largest absolute Gasteiger partial charge is 0.352 e. The summed E-state index contributed by atoms with van der Waals surface area (Å²) in [6, 6.07) is 1.41. The fourth-order valence-electron chi connectivity index (χ4n) is 0.559. The number of rotatable bonds is 2. The van der Waals surface area contributed by atoms with Crippen LogP contribution < -0.4 is 0 Å². The van der Waals surface area contributed by atoms with Crippen LogP contribution in [-0.2, 0) is 0 Å². The van der Waals surface area contributed by atoms with E-state index in [0.29, 0.717) is 6.42 Å². The van der Waals surface area contributed by atoms with Crippen LogP contribution in [0.4, 0.5) is 0 Å². The Bertz CT molecular complexity index is 244. The summed E-state index contributed by atoms with van der Waals surface area (Å²) in [5.74, 6) is 0.145. The second-order valence-electron chi connectivity index (χ2n) is 1.79. The molecule has 10 heavy (non-hydrogen) atoms. The number of Topliss-reactive ketones (excluding diaryl/α,β-unsaturated/α-hetero) is 1. The Morgan fingerprint density at radius 3 is 3.00 bits per heavy atom. The third kappa shape index (κ3) is 1.36. The maximum atomic E-state index is 10.8. The van der Waals surface area contributed by atoms with Crippen LogP contribution in [0, 0.1) is 0 Å². The van der Waals surface area contributed by atoms with E-state index >= 15 is 0 Å². The number of hydrogen-bond donors (Lipinski definition) is 0. The smallest absolute Gasteiger partial charge is 0.204 e. The van der Waals surface area contributed by atoms with Crippen molar-refractivity contribution in [1.29, 1.82) is 0 Å². The van der Waals surface area contributed by atoms with Gasteiger partial charge in [-0.2, -0.15) is 0 Å². The van der Waals surface area contributed by atoms with Crippen LogP contribution in [0.25, 0.3) is 0 Å². The second-order valence-corrected chi connectivity index (χ2v) is 2.18. The quantitative estimate of drug-likeness (QED) is 0.620. The zero-order valence-electron chi connectivity index (χ0n) is 5.43. The van der Waals surface area contributed by atoms with Crippen LogP contribution in [0.2, 0.25) is 5.15 Å². The molecule has 0 saturated heterocycles. The van der Waals surface area contributed by atoms with Crippen LogP contribution in [0.3, 0.4) is 0 Å².